The Labute approximate surface area is 102 Å². The van der Waals surface area contributed by atoms with Crippen LogP contribution >= 0.6 is 11.6 Å². The van der Waals surface area contributed by atoms with Gasteiger partial charge in [0.15, 0.2) is 6.10 Å². The van der Waals surface area contributed by atoms with Crippen molar-refractivity contribution in [2.24, 2.45) is 5.92 Å². The molecule has 94 valence electrons. The second-order valence-corrected chi connectivity index (χ2v) is 5.02. The normalized spacial score (nSPS) is 23.1. The van der Waals surface area contributed by atoms with Crippen LogP contribution in [0.5, 0.6) is 0 Å². The Morgan fingerprint density at radius 3 is 2.81 bits per heavy atom. The number of carbonyl (C=O) groups excluding carboxylic acids is 1. The molecule has 0 aromatic carbocycles. The van der Waals surface area contributed by atoms with Gasteiger partial charge >= 0.3 is 0 Å². The van der Waals surface area contributed by atoms with Crippen LogP contribution in [-0.4, -0.2) is 43.8 Å². The fourth-order valence-electron chi connectivity index (χ4n) is 1.56. The number of halogens is 1. The molecule has 0 radical (unpaired) electrons. The lowest BCUT2D eigenvalue weighted by molar-refractivity contribution is -0.147. The van der Waals surface area contributed by atoms with E-state index < -0.39 is 6.10 Å². The summed E-state index contributed by atoms with van der Waals surface area (Å²) in [5, 5.41) is 2.76. The fraction of sp³-hybridized carbons (Fsp3) is 0.909. The minimum atomic E-state index is -0.475. The summed E-state index contributed by atoms with van der Waals surface area (Å²) in [6.07, 6.45) is 0.417. The van der Waals surface area contributed by atoms with E-state index in [9.17, 15) is 4.79 Å². The summed E-state index contributed by atoms with van der Waals surface area (Å²) in [4.78, 5) is 11.6. The average Bonchev–Trinajstić information content (AvgIpc) is 2.26. The first-order valence-electron chi connectivity index (χ1n) is 5.70. The first-order chi connectivity index (χ1) is 7.59. The Bertz CT molecular complexity index is 217. The minimum Gasteiger partial charge on any atom is -0.376 e. The van der Waals surface area contributed by atoms with Crippen LogP contribution in [0.25, 0.3) is 0 Å². The predicted molar refractivity (Wildman–Crippen MR) is 62.7 cm³/mol. The molecule has 0 aliphatic carbocycles. The Balaban J connectivity index is 2.18. The SMILES string of the molecule is CC(C)CC(Cl)CNC(=O)C1COCCO1. The molecule has 1 rings (SSSR count). The van der Waals surface area contributed by atoms with Gasteiger partial charge in [0, 0.05) is 6.54 Å². The van der Waals surface area contributed by atoms with E-state index in [-0.39, 0.29) is 11.3 Å². The van der Waals surface area contributed by atoms with Gasteiger partial charge in [0.2, 0.25) is 0 Å². The molecule has 1 saturated heterocycles. The van der Waals surface area contributed by atoms with Crippen LogP contribution in [0.3, 0.4) is 0 Å². The van der Waals surface area contributed by atoms with Crippen LogP contribution < -0.4 is 5.32 Å². The van der Waals surface area contributed by atoms with Crippen LogP contribution in [0.1, 0.15) is 20.3 Å². The molecule has 1 aliphatic rings. The molecule has 1 amide bonds. The zero-order valence-corrected chi connectivity index (χ0v) is 10.6. The molecule has 1 heterocycles. The second-order valence-electron chi connectivity index (χ2n) is 4.41. The first kappa shape index (κ1) is 13.7. The fourth-order valence-corrected chi connectivity index (χ4v) is 1.99. The molecule has 0 spiro atoms. The largest absolute Gasteiger partial charge is 0.376 e. The molecule has 5 heteroatoms. The summed E-state index contributed by atoms with van der Waals surface area (Å²) in [5.41, 5.74) is 0. The van der Waals surface area contributed by atoms with Gasteiger partial charge in [-0.2, -0.15) is 0 Å². The highest BCUT2D eigenvalue weighted by molar-refractivity contribution is 6.20. The number of hydrogen-bond donors (Lipinski definition) is 1. The van der Waals surface area contributed by atoms with Crippen molar-refractivity contribution in [3.05, 3.63) is 0 Å². The molecule has 4 nitrogen and oxygen atoms in total. The van der Waals surface area contributed by atoms with Gasteiger partial charge in [-0.1, -0.05) is 13.8 Å². The lowest BCUT2D eigenvalue weighted by Gasteiger charge is -2.22. The maximum absolute atomic E-state index is 11.6. The van der Waals surface area contributed by atoms with Crippen molar-refractivity contribution in [2.75, 3.05) is 26.4 Å². The van der Waals surface area contributed by atoms with E-state index >= 15 is 0 Å². The number of rotatable bonds is 5. The van der Waals surface area contributed by atoms with Crippen molar-refractivity contribution in [1.29, 1.82) is 0 Å². The molecule has 1 fully saturated rings. The second kappa shape index (κ2) is 7.09. The number of hydrogen-bond acceptors (Lipinski definition) is 3. The summed E-state index contributed by atoms with van der Waals surface area (Å²) >= 11 is 6.07. The summed E-state index contributed by atoms with van der Waals surface area (Å²) in [7, 11) is 0. The van der Waals surface area contributed by atoms with Crippen molar-refractivity contribution in [1.82, 2.24) is 5.32 Å². The minimum absolute atomic E-state index is 0.0199. The number of amides is 1. The molecule has 0 saturated carbocycles. The van der Waals surface area contributed by atoms with Gasteiger partial charge in [0.25, 0.3) is 5.91 Å². The summed E-state index contributed by atoms with van der Waals surface area (Å²) < 4.78 is 10.4. The molecule has 0 aromatic rings. The molecular formula is C11H20ClNO3. The molecule has 2 atom stereocenters. The van der Waals surface area contributed by atoms with E-state index in [0.29, 0.717) is 32.3 Å². The van der Waals surface area contributed by atoms with Gasteiger partial charge in [-0.3, -0.25) is 4.79 Å². The summed E-state index contributed by atoms with van der Waals surface area (Å²) in [5.74, 6) is 0.405. The Kier molecular flexibility index (Phi) is 6.09. The van der Waals surface area contributed by atoms with Gasteiger partial charge in [0.05, 0.1) is 25.2 Å². The monoisotopic (exact) mass is 249 g/mol. The average molecular weight is 250 g/mol. The summed E-state index contributed by atoms with van der Waals surface area (Å²) in [6.45, 7) is 6.08. The highest BCUT2D eigenvalue weighted by Crippen LogP contribution is 2.09. The topological polar surface area (TPSA) is 47.6 Å². The lowest BCUT2D eigenvalue weighted by atomic mass is 10.1. The maximum atomic E-state index is 11.6. The van der Waals surface area contributed by atoms with Gasteiger partial charge in [-0.15, -0.1) is 11.6 Å². The van der Waals surface area contributed by atoms with Crippen molar-refractivity contribution < 1.29 is 14.3 Å². The van der Waals surface area contributed by atoms with Crippen LogP contribution in [-0.2, 0) is 14.3 Å². The lowest BCUT2D eigenvalue weighted by Crippen LogP contribution is -2.44. The van der Waals surface area contributed by atoms with Crippen LogP contribution in [0, 0.1) is 5.92 Å². The smallest absolute Gasteiger partial charge is 0.251 e. The summed E-state index contributed by atoms with van der Waals surface area (Å²) in [6, 6.07) is 0. The Morgan fingerprint density at radius 1 is 1.50 bits per heavy atom. The van der Waals surface area contributed by atoms with E-state index in [1.165, 1.54) is 0 Å². The number of alkyl halides is 1. The predicted octanol–water partition coefficient (Wildman–Crippen LogP) is 1.17. The van der Waals surface area contributed by atoms with E-state index in [1.807, 2.05) is 0 Å². The van der Waals surface area contributed by atoms with E-state index in [0.717, 1.165) is 6.42 Å². The zero-order valence-electron chi connectivity index (χ0n) is 9.87. The molecule has 0 aromatic heterocycles. The van der Waals surface area contributed by atoms with Crippen LogP contribution in [0.15, 0.2) is 0 Å². The van der Waals surface area contributed by atoms with E-state index in [2.05, 4.69) is 19.2 Å². The number of ether oxygens (including phenoxy) is 2. The third-order valence-corrected chi connectivity index (χ3v) is 2.67. The molecule has 16 heavy (non-hydrogen) atoms. The third-order valence-electron chi connectivity index (χ3n) is 2.33. The highest BCUT2D eigenvalue weighted by Gasteiger charge is 2.22. The first-order valence-corrected chi connectivity index (χ1v) is 6.14. The molecule has 1 N–H and O–H groups in total. The van der Waals surface area contributed by atoms with Crippen molar-refractivity contribution in [2.45, 2.75) is 31.7 Å². The van der Waals surface area contributed by atoms with Crippen molar-refractivity contribution >= 4 is 17.5 Å². The van der Waals surface area contributed by atoms with Crippen LogP contribution in [0.2, 0.25) is 0 Å². The van der Waals surface area contributed by atoms with E-state index in [4.69, 9.17) is 21.1 Å². The van der Waals surface area contributed by atoms with Gasteiger partial charge < -0.3 is 14.8 Å². The highest BCUT2D eigenvalue weighted by atomic mass is 35.5. The van der Waals surface area contributed by atoms with E-state index in [1.54, 1.807) is 0 Å². The van der Waals surface area contributed by atoms with Gasteiger partial charge in [-0.05, 0) is 12.3 Å². The molecule has 0 bridgehead atoms. The van der Waals surface area contributed by atoms with Crippen molar-refractivity contribution in [3.8, 4) is 0 Å². The maximum Gasteiger partial charge on any atom is 0.251 e. The quantitative estimate of drug-likeness (QED) is 0.745. The standard InChI is InChI=1S/C11H20ClNO3/c1-8(2)5-9(12)6-13-11(14)10-7-15-3-4-16-10/h8-10H,3-7H2,1-2H3,(H,13,14). The Morgan fingerprint density at radius 2 is 2.25 bits per heavy atom. The number of carbonyl (C=O) groups is 1. The van der Waals surface area contributed by atoms with Crippen LogP contribution in [0.4, 0.5) is 0 Å². The molecule has 1 aliphatic heterocycles. The molecule has 2 unspecified atom stereocenters. The van der Waals surface area contributed by atoms with Gasteiger partial charge in [0.1, 0.15) is 0 Å². The molecular weight excluding hydrogens is 230 g/mol. The van der Waals surface area contributed by atoms with Crippen molar-refractivity contribution in [3.63, 3.8) is 0 Å². The zero-order chi connectivity index (χ0) is 12.0. The van der Waals surface area contributed by atoms with Gasteiger partial charge in [-0.25, -0.2) is 0 Å². The Hall–Kier alpha value is -0.320. The third kappa shape index (κ3) is 5.14. The number of nitrogens with one attached hydrogen (secondary N) is 1.